The molecule has 0 amide bonds. The number of thioether (sulfide) groups is 2. The summed E-state index contributed by atoms with van der Waals surface area (Å²) in [6, 6.07) is 0. The maximum atomic E-state index is 5.26. The second-order valence-electron chi connectivity index (χ2n) is 5.17. The second kappa shape index (κ2) is 18.5. The van der Waals surface area contributed by atoms with Gasteiger partial charge in [0, 0.05) is 10.5 Å². The maximum Gasteiger partial charge on any atom is 0.220 e. The summed E-state index contributed by atoms with van der Waals surface area (Å²) in [5, 5.41) is 1.04. The van der Waals surface area contributed by atoms with Crippen molar-refractivity contribution in [3.63, 3.8) is 0 Å². The summed E-state index contributed by atoms with van der Waals surface area (Å²) in [7, 11) is 0. The number of hydrogen-bond acceptors (Lipinski definition) is 8. The number of ether oxygens (including phenoxy) is 2. The van der Waals surface area contributed by atoms with E-state index in [1.54, 1.807) is 23.5 Å². The SMILES string of the molecule is CC(C)OC(=S)SC(C)C.CC(C)OC(=S)SC(C)C.SS. The van der Waals surface area contributed by atoms with Crippen molar-refractivity contribution < 1.29 is 9.47 Å². The monoisotopic (exact) mass is 422 g/mol. The minimum atomic E-state index is 0.207. The zero-order valence-corrected chi connectivity index (χ0v) is 19.7. The lowest BCUT2D eigenvalue weighted by Gasteiger charge is -2.10. The Morgan fingerprint density at radius 3 is 1.05 bits per heavy atom. The predicted octanol–water partition coefficient (Wildman–Crippen LogP) is 6.44. The van der Waals surface area contributed by atoms with E-state index in [2.05, 4.69) is 51.0 Å². The number of hydrogen-bond donors (Lipinski definition) is 2. The van der Waals surface area contributed by atoms with Crippen LogP contribution in [0, 0.1) is 0 Å². The van der Waals surface area contributed by atoms with Gasteiger partial charge in [0.1, 0.15) is 0 Å². The highest BCUT2D eigenvalue weighted by Gasteiger charge is 2.04. The summed E-state index contributed by atoms with van der Waals surface area (Å²) >= 11 is 19.5. The Bertz CT molecular complexity index is 229. The number of thiocarbonyl (C=S) groups is 2. The summed E-state index contributed by atoms with van der Waals surface area (Å²) < 4.78 is 11.8. The molecule has 134 valence electrons. The van der Waals surface area contributed by atoms with Crippen molar-refractivity contribution in [2.45, 2.75) is 78.1 Å². The normalized spacial score (nSPS) is 9.91. The summed E-state index contributed by atoms with van der Waals surface area (Å²) in [5.41, 5.74) is 0. The van der Waals surface area contributed by atoms with Crippen LogP contribution in [0.3, 0.4) is 0 Å². The van der Waals surface area contributed by atoms with Crippen LogP contribution in [0.4, 0.5) is 0 Å². The molecular formula is C14H30O2S6. The van der Waals surface area contributed by atoms with Crippen LogP contribution in [0.1, 0.15) is 55.4 Å². The zero-order chi connectivity index (χ0) is 18.3. The van der Waals surface area contributed by atoms with Crippen LogP contribution in [0.2, 0.25) is 0 Å². The van der Waals surface area contributed by atoms with E-state index in [-0.39, 0.29) is 12.2 Å². The van der Waals surface area contributed by atoms with Crippen molar-refractivity contribution in [3.05, 3.63) is 0 Å². The fraction of sp³-hybridized carbons (Fsp3) is 0.857. The Hall–Kier alpha value is 1.18. The number of thiol groups is 2. The minimum Gasteiger partial charge on any atom is -0.476 e. The average Bonchev–Trinajstić information content (AvgIpc) is 2.27. The molecule has 0 aliphatic rings. The quantitative estimate of drug-likeness (QED) is 0.306. The Morgan fingerprint density at radius 1 is 0.682 bits per heavy atom. The molecule has 0 atom stereocenters. The van der Waals surface area contributed by atoms with Crippen molar-refractivity contribution in [3.8, 4) is 0 Å². The van der Waals surface area contributed by atoms with E-state index in [1.165, 1.54) is 0 Å². The molecule has 0 radical (unpaired) electrons. The molecule has 0 fully saturated rings. The first kappa shape index (κ1) is 28.0. The molecule has 0 aromatic carbocycles. The van der Waals surface area contributed by atoms with Crippen molar-refractivity contribution in [1.29, 1.82) is 0 Å². The first-order valence-electron chi connectivity index (χ1n) is 6.99. The maximum absolute atomic E-state index is 5.26. The highest BCUT2D eigenvalue weighted by Crippen LogP contribution is 2.14. The van der Waals surface area contributed by atoms with Crippen LogP contribution in [-0.2, 0) is 9.47 Å². The molecule has 0 bridgehead atoms. The van der Waals surface area contributed by atoms with Gasteiger partial charge in [-0.15, -0.1) is 23.3 Å². The van der Waals surface area contributed by atoms with Gasteiger partial charge < -0.3 is 9.47 Å². The average molecular weight is 423 g/mol. The van der Waals surface area contributed by atoms with E-state index >= 15 is 0 Å². The van der Waals surface area contributed by atoms with Gasteiger partial charge in [0.25, 0.3) is 0 Å². The molecular weight excluding hydrogens is 393 g/mol. The van der Waals surface area contributed by atoms with Crippen LogP contribution in [0.25, 0.3) is 0 Å². The van der Waals surface area contributed by atoms with Gasteiger partial charge in [0.2, 0.25) is 8.77 Å². The summed E-state index contributed by atoms with van der Waals surface area (Å²) in [6.07, 6.45) is 0.414. The van der Waals surface area contributed by atoms with Crippen molar-refractivity contribution in [2.75, 3.05) is 0 Å². The molecule has 0 saturated heterocycles. The van der Waals surface area contributed by atoms with Gasteiger partial charge in [-0.1, -0.05) is 51.2 Å². The molecule has 0 aliphatic heterocycles. The van der Waals surface area contributed by atoms with Gasteiger partial charge >= 0.3 is 0 Å². The van der Waals surface area contributed by atoms with E-state index in [0.717, 1.165) is 0 Å². The zero-order valence-electron chi connectivity index (χ0n) is 14.7. The van der Waals surface area contributed by atoms with Gasteiger partial charge in [-0.25, -0.2) is 0 Å². The second-order valence-corrected chi connectivity index (χ2v) is 9.52. The lowest BCUT2D eigenvalue weighted by Crippen LogP contribution is -2.08. The van der Waals surface area contributed by atoms with Gasteiger partial charge in [-0.05, 0) is 52.1 Å². The molecule has 0 N–H and O–H groups in total. The van der Waals surface area contributed by atoms with E-state index < -0.39 is 0 Å². The van der Waals surface area contributed by atoms with Crippen molar-refractivity contribution >= 4 is 80.0 Å². The lowest BCUT2D eigenvalue weighted by atomic mass is 10.5. The number of rotatable bonds is 4. The molecule has 22 heavy (non-hydrogen) atoms. The van der Waals surface area contributed by atoms with Crippen molar-refractivity contribution in [1.82, 2.24) is 0 Å². The third-order valence-corrected chi connectivity index (χ3v) is 3.62. The lowest BCUT2D eigenvalue weighted by molar-refractivity contribution is 0.242. The van der Waals surface area contributed by atoms with Crippen LogP contribution >= 0.6 is 71.3 Å². The standard InChI is InChI=1S/2C7H14OS2.H2S2/c2*1-5(2)8-7(9)10-6(3)4;1-2/h2*5-6H,1-4H3;1-2H. The van der Waals surface area contributed by atoms with Crippen LogP contribution in [0.5, 0.6) is 0 Å². The van der Waals surface area contributed by atoms with E-state index in [1.807, 2.05) is 27.7 Å². The Balaban J connectivity index is -0.000000294. The van der Waals surface area contributed by atoms with Gasteiger partial charge in [-0.3, -0.25) is 0 Å². The smallest absolute Gasteiger partial charge is 0.220 e. The molecule has 0 spiro atoms. The summed E-state index contributed by atoms with van der Waals surface area (Å²) in [6.45, 7) is 16.3. The van der Waals surface area contributed by atoms with E-state index in [4.69, 9.17) is 33.9 Å². The third kappa shape index (κ3) is 29.2. The topological polar surface area (TPSA) is 18.5 Å². The minimum absolute atomic E-state index is 0.207. The molecule has 0 saturated carbocycles. The highest BCUT2D eigenvalue weighted by atomic mass is 33.1. The van der Waals surface area contributed by atoms with Gasteiger partial charge in [0.05, 0.1) is 12.2 Å². The van der Waals surface area contributed by atoms with Crippen LogP contribution in [-0.4, -0.2) is 31.5 Å². The molecule has 0 aliphatic carbocycles. The molecule has 8 heteroatoms. The van der Waals surface area contributed by atoms with Crippen molar-refractivity contribution in [2.24, 2.45) is 0 Å². The molecule has 0 heterocycles. The Morgan fingerprint density at radius 2 is 0.909 bits per heavy atom. The van der Waals surface area contributed by atoms with Gasteiger partial charge in [0.15, 0.2) is 0 Å². The van der Waals surface area contributed by atoms with E-state index in [0.29, 0.717) is 19.3 Å². The fourth-order valence-electron chi connectivity index (χ4n) is 0.825. The Labute approximate surface area is 166 Å². The molecule has 0 aromatic heterocycles. The fourth-order valence-corrected chi connectivity index (χ4v) is 3.63. The summed E-state index contributed by atoms with van der Waals surface area (Å²) in [4.78, 5) is 0. The highest BCUT2D eigenvalue weighted by molar-refractivity contribution is 8.59. The molecule has 0 unspecified atom stereocenters. The Kier molecular flexibility index (Phi) is 23.6. The third-order valence-electron chi connectivity index (χ3n) is 1.33. The predicted molar refractivity (Wildman–Crippen MR) is 121 cm³/mol. The first-order valence-corrected chi connectivity index (χ1v) is 11.2. The molecule has 0 rings (SSSR count). The van der Waals surface area contributed by atoms with Crippen LogP contribution < -0.4 is 0 Å². The summed E-state index contributed by atoms with van der Waals surface area (Å²) in [5.74, 6) is 0. The molecule has 0 aromatic rings. The first-order chi connectivity index (χ1) is 10.0. The van der Waals surface area contributed by atoms with E-state index in [9.17, 15) is 0 Å². The van der Waals surface area contributed by atoms with Gasteiger partial charge in [-0.2, -0.15) is 0 Å². The van der Waals surface area contributed by atoms with Crippen LogP contribution in [0.15, 0.2) is 0 Å². The molecule has 2 nitrogen and oxygen atoms in total. The largest absolute Gasteiger partial charge is 0.476 e.